The molecule has 4 heterocycles. The second kappa shape index (κ2) is 8.72. The molecule has 0 unspecified atom stereocenters. The Balaban J connectivity index is 0.00000308. The zero-order valence-corrected chi connectivity index (χ0v) is 21.3. The molecule has 0 amide bonds. The number of anilines is 2. The predicted molar refractivity (Wildman–Crippen MR) is 137 cm³/mol. The van der Waals surface area contributed by atoms with Crippen LogP contribution < -0.4 is 5.32 Å². The van der Waals surface area contributed by atoms with E-state index in [-0.39, 0.29) is 48.4 Å². The molecule has 3 aromatic heterocycles. The molecule has 38 heavy (non-hydrogen) atoms. The van der Waals surface area contributed by atoms with Crippen LogP contribution in [0.15, 0.2) is 36.7 Å². The highest BCUT2D eigenvalue weighted by molar-refractivity contribution is 5.83. The summed E-state index contributed by atoms with van der Waals surface area (Å²) >= 11 is 0. The quantitative estimate of drug-likeness (QED) is 0.298. The molecule has 200 valence electrons. The highest BCUT2D eigenvalue weighted by Crippen LogP contribution is 2.56. The van der Waals surface area contributed by atoms with Crippen LogP contribution in [0.3, 0.4) is 0 Å². The molecule has 1 N–H and O–H groups in total. The van der Waals surface area contributed by atoms with E-state index >= 15 is 0 Å². The SMILES string of the molecule is Cc1nc2c(F)cc(-c3nc(Nc4ccc(CN5CC6(C5)CC(F)(F)C6)cn4)ncc3F)cc2n1C(C)C.[HH]. The number of rotatable bonds is 6. The number of aryl methyl sites for hydroxylation is 1. The molecular weight excluding hydrogens is 498 g/mol. The molecule has 0 atom stereocenters. The highest BCUT2D eigenvalue weighted by atomic mass is 19.3. The number of alkyl halides is 2. The fourth-order valence-corrected chi connectivity index (χ4v) is 5.94. The molecule has 4 aromatic rings. The van der Waals surface area contributed by atoms with Gasteiger partial charge in [-0.25, -0.2) is 37.5 Å². The minimum absolute atomic E-state index is 0. The summed E-state index contributed by atoms with van der Waals surface area (Å²) in [4.78, 5) is 19.2. The van der Waals surface area contributed by atoms with Gasteiger partial charge in [-0.1, -0.05) is 6.07 Å². The number of nitrogens with zero attached hydrogens (tertiary/aromatic N) is 6. The first-order chi connectivity index (χ1) is 18.0. The van der Waals surface area contributed by atoms with Gasteiger partial charge in [0.25, 0.3) is 0 Å². The van der Waals surface area contributed by atoms with Crippen LogP contribution >= 0.6 is 0 Å². The number of halogens is 4. The number of hydrogen-bond donors (Lipinski definition) is 1. The Hall–Kier alpha value is -3.60. The van der Waals surface area contributed by atoms with Crippen molar-refractivity contribution >= 4 is 22.8 Å². The van der Waals surface area contributed by atoms with Crippen LogP contribution in [0.4, 0.5) is 29.3 Å². The summed E-state index contributed by atoms with van der Waals surface area (Å²) in [6.07, 6.45) is 2.71. The lowest BCUT2D eigenvalue weighted by Gasteiger charge is -2.58. The van der Waals surface area contributed by atoms with Crippen molar-refractivity contribution in [1.29, 1.82) is 0 Å². The Kier molecular flexibility index (Phi) is 5.67. The number of likely N-dealkylation sites (tertiary alicyclic amines) is 1. The van der Waals surface area contributed by atoms with Gasteiger partial charge < -0.3 is 9.88 Å². The molecule has 7 nitrogen and oxygen atoms in total. The molecule has 2 aliphatic rings. The van der Waals surface area contributed by atoms with Gasteiger partial charge in [0.05, 0.1) is 11.7 Å². The van der Waals surface area contributed by atoms with E-state index in [0.717, 1.165) is 11.8 Å². The summed E-state index contributed by atoms with van der Waals surface area (Å²) in [6, 6.07) is 6.60. The number of nitrogens with one attached hydrogen (secondary N) is 1. The van der Waals surface area contributed by atoms with Crippen molar-refractivity contribution in [2.45, 2.75) is 52.1 Å². The number of benzene rings is 1. The Morgan fingerprint density at radius 3 is 2.45 bits per heavy atom. The zero-order chi connectivity index (χ0) is 26.8. The van der Waals surface area contributed by atoms with Gasteiger partial charge in [0, 0.05) is 57.1 Å². The van der Waals surface area contributed by atoms with Crippen LogP contribution in [0.25, 0.3) is 22.3 Å². The number of fused-ring (bicyclic) bond motifs is 1. The summed E-state index contributed by atoms with van der Waals surface area (Å²) in [5, 5.41) is 2.97. The maximum absolute atomic E-state index is 14.9. The lowest BCUT2D eigenvalue weighted by molar-refractivity contribution is -0.214. The van der Waals surface area contributed by atoms with E-state index in [4.69, 9.17) is 0 Å². The van der Waals surface area contributed by atoms with Crippen LogP contribution in [0.2, 0.25) is 0 Å². The second-order valence-corrected chi connectivity index (χ2v) is 10.9. The Morgan fingerprint density at radius 2 is 1.79 bits per heavy atom. The van der Waals surface area contributed by atoms with Gasteiger partial charge in [0.15, 0.2) is 11.6 Å². The summed E-state index contributed by atoms with van der Waals surface area (Å²) in [6.45, 7) is 7.75. The van der Waals surface area contributed by atoms with Crippen molar-refractivity contribution < 1.29 is 19.0 Å². The van der Waals surface area contributed by atoms with Crippen LogP contribution in [-0.2, 0) is 6.54 Å². The summed E-state index contributed by atoms with van der Waals surface area (Å²) in [7, 11) is 0. The molecule has 0 radical (unpaired) electrons. The van der Waals surface area contributed by atoms with Crippen molar-refractivity contribution in [3.8, 4) is 11.3 Å². The van der Waals surface area contributed by atoms with Gasteiger partial charge in [-0.2, -0.15) is 0 Å². The largest absolute Gasteiger partial charge is 0.326 e. The van der Waals surface area contributed by atoms with E-state index in [0.29, 0.717) is 36.8 Å². The number of aromatic nitrogens is 5. The molecule has 1 aliphatic heterocycles. The monoisotopic (exact) mass is 527 g/mol. The Labute approximate surface area is 218 Å². The molecule has 1 aromatic carbocycles. The lowest BCUT2D eigenvalue weighted by atomic mass is 9.61. The fourth-order valence-electron chi connectivity index (χ4n) is 5.94. The van der Waals surface area contributed by atoms with Crippen LogP contribution in [0.1, 0.15) is 45.5 Å². The van der Waals surface area contributed by atoms with E-state index in [9.17, 15) is 17.6 Å². The Bertz CT molecular complexity index is 1520. The van der Waals surface area contributed by atoms with Gasteiger partial charge in [-0.05, 0) is 44.5 Å². The first-order valence-corrected chi connectivity index (χ1v) is 12.5. The average Bonchev–Trinajstić information content (AvgIpc) is 3.16. The van der Waals surface area contributed by atoms with E-state index in [1.165, 1.54) is 6.07 Å². The predicted octanol–water partition coefficient (Wildman–Crippen LogP) is 6.28. The van der Waals surface area contributed by atoms with Gasteiger partial charge in [-0.3, -0.25) is 4.90 Å². The molecule has 1 saturated carbocycles. The molecule has 11 heteroatoms. The molecule has 1 aliphatic carbocycles. The van der Waals surface area contributed by atoms with Gasteiger partial charge in [-0.15, -0.1) is 0 Å². The van der Waals surface area contributed by atoms with Gasteiger partial charge >= 0.3 is 0 Å². The van der Waals surface area contributed by atoms with E-state index in [1.807, 2.05) is 24.5 Å². The normalized spacial score (nSPS) is 18.1. The van der Waals surface area contributed by atoms with Crippen molar-refractivity contribution in [2.75, 3.05) is 18.4 Å². The van der Waals surface area contributed by atoms with Crippen molar-refractivity contribution in [2.24, 2.45) is 5.41 Å². The molecule has 1 saturated heterocycles. The van der Waals surface area contributed by atoms with E-state index in [1.54, 1.807) is 25.3 Å². The zero-order valence-electron chi connectivity index (χ0n) is 21.3. The average molecular weight is 528 g/mol. The molecular formula is C27H29F4N7. The summed E-state index contributed by atoms with van der Waals surface area (Å²) in [5.41, 5.74) is 1.78. The van der Waals surface area contributed by atoms with Crippen LogP contribution in [-0.4, -0.2) is 48.4 Å². The smallest absolute Gasteiger partial charge is 0.249 e. The van der Waals surface area contributed by atoms with Crippen molar-refractivity contribution in [3.63, 3.8) is 0 Å². The maximum atomic E-state index is 14.9. The third kappa shape index (κ3) is 4.38. The minimum Gasteiger partial charge on any atom is -0.326 e. The molecule has 2 fully saturated rings. The third-order valence-electron chi connectivity index (χ3n) is 7.32. The van der Waals surface area contributed by atoms with Gasteiger partial charge in [0.1, 0.15) is 22.9 Å². The van der Waals surface area contributed by atoms with Crippen molar-refractivity contribution in [3.05, 3.63) is 59.7 Å². The second-order valence-electron chi connectivity index (χ2n) is 10.9. The third-order valence-corrected chi connectivity index (χ3v) is 7.32. The van der Waals surface area contributed by atoms with E-state index < -0.39 is 17.6 Å². The standard InChI is InChI=1S/C27H27F4N7.H2/c1-15(2)38-16(3)34-24-19(28)6-18(7-21(24)38)23-20(29)9-33-25(36-23)35-22-5-4-17(8-32-22)10-37-13-26(14-37)11-27(30,31)12-26;/h4-9,15H,10-14H2,1-3H3,(H,32,33,35,36);1H. The topological polar surface area (TPSA) is 71.8 Å². The van der Waals surface area contributed by atoms with E-state index in [2.05, 4.69) is 30.2 Å². The molecule has 0 bridgehead atoms. The lowest BCUT2D eigenvalue weighted by Crippen LogP contribution is -2.65. The number of hydrogen-bond acceptors (Lipinski definition) is 6. The van der Waals surface area contributed by atoms with Crippen LogP contribution in [0.5, 0.6) is 0 Å². The maximum Gasteiger partial charge on any atom is 0.249 e. The van der Waals surface area contributed by atoms with Crippen molar-refractivity contribution in [1.82, 2.24) is 29.4 Å². The summed E-state index contributed by atoms with van der Waals surface area (Å²) in [5.74, 6) is -2.49. The minimum atomic E-state index is -2.50. The first kappa shape index (κ1) is 24.7. The number of imidazole rings is 1. The summed E-state index contributed by atoms with van der Waals surface area (Å²) < 4.78 is 58.0. The molecule has 6 rings (SSSR count). The molecule has 1 spiro atoms. The first-order valence-electron chi connectivity index (χ1n) is 12.5. The number of pyridine rings is 1. The van der Waals surface area contributed by atoms with Crippen LogP contribution in [0, 0.1) is 24.0 Å². The Morgan fingerprint density at radius 1 is 1.03 bits per heavy atom. The van der Waals surface area contributed by atoms with Gasteiger partial charge in [0.2, 0.25) is 11.9 Å². The fraction of sp³-hybridized carbons (Fsp3) is 0.407. The highest BCUT2D eigenvalue weighted by Gasteiger charge is 2.61.